The van der Waals surface area contributed by atoms with Gasteiger partial charge < -0.3 is 14.6 Å². The number of nitrogens with zero attached hydrogens (tertiary/aromatic N) is 4. The molecule has 0 unspecified atom stereocenters. The average molecular weight is 349 g/mol. The summed E-state index contributed by atoms with van der Waals surface area (Å²) in [6.45, 7) is 1.44. The predicted molar refractivity (Wildman–Crippen MR) is 89.8 cm³/mol. The first-order valence-electron chi connectivity index (χ1n) is 8.31. The molecule has 1 saturated carbocycles. The molecule has 2 aliphatic rings. The van der Waals surface area contributed by atoms with Crippen LogP contribution in [0.3, 0.4) is 0 Å². The van der Waals surface area contributed by atoms with Gasteiger partial charge in [0.1, 0.15) is 5.69 Å². The number of aliphatic hydroxyl groups excluding tert-OH is 1. The van der Waals surface area contributed by atoms with Gasteiger partial charge in [-0.05, 0) is 36.8 Å². The maximum absolute atomic E-state index is 12.8. The number of carbonyl (C=O) groups excluding carboxylic acids is 1. The topological polar surface area (TPSA) is 63.3 Å². The molecular formula is C17H21ClN4O2. The lowest BCUT2D eigenvalue weighted by atomic mass is 9.77. The van der Waals surface area contributed by atoms with Crippen molar-refractivity contribution >= 4 is 17.5 Å². The van der Waals surface area contributed by atoms with Crippen molar-refractivity contribution in [3.63, 3.8) is 0 Å². The minimum Gasteiger partial charge on any atom is -0.391 e. The number of carbonyl (C=O) groups is 1. The van der Waals surface area contributed by atoms with Crippen LogP contribution in [0.5, 0.6) is 0 Å². The van der Waals surface area contributed by atoms with Crippen LogP contribution < -0.4 is 0 Å². The zero-order valence-electron chi connectivity index (χ0n) is 13.5. The molecule has 7 heteroatoms. The number of fused-ring (bicyclic) bond motifs is 1. The summed E-state index contributed by atoms with van der Waals surface area (Å²) in [6.07, 6.45) is 6.54. The van der Waals surface area contributed by atoms with E-state index in [2.05, 4.69) is 5.10 Å². The first-order chi connectivity index (χ1) is 11.5. The van der Waals surface area contributed by atoms with Crippen molar-refractivity contribution in [2.24, 2.45) is 18.9 Å². The molecule has 2 aromatic rings. The van der Waals surface area contributed by atoms with Crippen LogP contribution in [-0.4, -0.2) is 49.5 Å². The smallest absolute Gasteiger partial charge is 0.270 e. The van der Waals surface area contributed by atoms with Gasteiger partial charge in [0.25, 0.3) is 5.91 Å². The van der Waals surface area contributed by atoms with Crippen LogP contribution in [0.4, 0.5) is 0 Å². The molecule has 1 N–H and O–H groups in total. The van der Waals surface area contributed by atoms with Crippen LogP contribution in [0.1, 0.15) is 29.4 Å². The summed E-state index contributed by atoms with van der Waals surface area (Å²) in [5.74, 6) is 0.776. The summed E-state index contributed by atoms with van der Waals surface area (Å²) in [7, 11) is 1.83. The van der Waals surface area contributed by atoms with E-state index in [1.54, 1.807) is 23.0 Å². The van der Waals surface area contributed by atoms with E-state index in [9.17, 15) is 9.90 Å². The number of rotatable bonds is 2. The van der Waals surface area contributed by atoms with E-state index in [-0.39, 0.29) is 11.9 Å². The number of aromatic nitrogens is 3. The second-order valence-corrected chi connectivity index (χ2v) is 7.41. The fraction of sp³-hybridized carbons (Fsp3) is 0.529. The normalized spacial score (nSPS) is 29.7. The first kappa shape index (κ1) is 15.7. The lowest BCUT2D eigenvalue weighted by Gasteiger charge is -2.35. The maximum Gasteiger partial charge on any atom is 0.270 e. The van der Waals surface area contributed by atoms with Crippen LogP contribution in [-0.2, 0) is 7.05 Å². The molecule has 1 aliphatic heterocycles. The molecule has 1 aliphatic carbocycles. The van der Waals surface area contributed by atoms with Crippen molar-refractivity contribution in [1.82, 2.24) is 19.2 Å². The van der Waals surface area contributed by atoms with Gasteiger partial charge in [-0.25, -0.2) is 0 Å². The summed E-state index contributed by atoms with van der Waals surface area (Å²) < 4.78 is 3.62. The van der Waals surface area contributed by atoms with Crippen LogP contribution in [0.2, 0.25) is 5.02 Å². The Kier molecular flexibility index (Phi) is 3.89. The molecule has 3 heterocycles. The van der Waals surface area contributed by atoms with Crippen molar-refractivity contribution in [2.75, 3.05) is 13.1 Å². The van der Waals surface area contributed by atoms with Crippen molar-refractivity contribution in [1.29, 1.82) is 0 Å². The highest BCUT2D eigenvalue weighted by atomic mass is 35.5. The number of aliphatic hydroxyl groups is 1. The molecule has 4 atom stereocenters. The number of likely N-dealkylation sites (tertiary alicyclic amines) is 1. The summed E-state index contributed by atoms with van der Waals surface area (Å²) in [5, 5.41) is 15.3. The molecule has 128 valence electrons. The average Bonchev–Trinajstić information content (AvgIpc) is 3.25. The Labute approximate surface area is 145 Å². The lowest BCUT2D eigenvalue weighted by molar-refractivity contribution is 0.0306. The van der Waals surface area contributed by atoms with Crippen molar-refractivity contribution in [3.8, 4) is 0 Å². The second kappa shape index (κ2) is 5.93. The second-order valence-electron chi connectivity index (χ2n) is 6.98. The molecule has 1 saturated heterocycles. The summed E-state index contributed by atoms with van der Waals surface area (Å²) >= 11 is 6.00. The standard InChI is InChI=1S/C17H21ClN4O2/c1-20-10-13(18)7-15(20)17(24)21-8-11-5-14(22-4-2-3-19-22)16(23)6-12(11)9-21/h2-4,7,10-12,14,16,23H,5-6,8-9H2,1H3/t11-,12+,14-,16-/m1/s1. The van der Waals surface area contributed by atoms with E-state index in [4.69, 9.17) is 11.6 Å². The highest BCUT2D eigenvalue weighted by molar-refractivity contribution is 6.31. The van der Waals surface area contributed by atoms with Gasteiger partial charge in [-0.15, -0.1) is 0 Å². The van der Waals surface area contributed by atoms with Gasteiger partial charge in [-0.2, -0.15) is 5.10 Å². The minimum atomic E-state index is -0.411. The van der Waals surface area contributed by atoms with Gasteiger partial charge in [0.2, 0.25) is 0 Å². The Morgan fingerprint density at radius 1 is 1.33 bits per heavy atom. The zero-order chi connectivity index (χ0) is 16.8. The molecule has 0 aromatic carbocycles. The Balaban J connectivity index is 1.50. The van der Waals surface area contributed by atoms with E-state index < -0.39 is 6.10 Å². The zero-order valence-corrected chi connectivity index (χ0v) is 14.3. The van der Waals surface area contributed by atoms with Gasteiger partial charge in [0.15, 0.2) is 0 Å². The van der Waals surface area contributed by atoms with Crippen LogP contribution in [0, 0.1) is 11.8 Å². The van der Waals surface area contributed by atoms with Crippen LogP contribution in [0.25, 0.3) is 0 Å². The number of hydrogen-bond acceptors (Lipinski definition) is 3. The van der Waals surface area contributed by atoms with Gasteiger partial charge >= 0.3 is 0 Å². The van der Waals surface area contributed by atoms with E-state index in [1.807, 2.05) is 28.9 Å². The Morgan fingerprint density at radius 3 is 2.71 bits per heavy atom. The molecule has 24 heavy (non-hydrogen) atoms. The summed E-state index contributed by atoms with van der Waals surface area (Å²) in [4.78, 5) is 14.7. The number of hydrogen-bond donors (Lipinski definition) is 1. The summed E-state index contributed by atoms with van der Waals surface area (Å²) in [6, 6.07) is 3.59. The number of amides is 1. The van der Waals surface area contributed by atoms with E-state index in [1.165, 1.54) is 0 Å². The molecule has 4 rings (SSSR count). The third kappa shape index (κ3) is 2.63. The Morgan fingerprint density at radius 2 is 2.08 bits per heavy atom. The third-order valence-electron chi connectivity index (χ3n) is 5.45. The van der Waals surface area contributed by atoms with Crippen LogP contribution in [0.15, 0.2) is 30.7 Å². The molecule has 0 radical (unpaired) electrons. The van der Waals surface area contributed by atoms with E-state index in [0.717, 1.165) is 13.0 Å². The monoisotopic (exact) mass is 348 g/mol. The van der Waals surface area contributed by atoms with Gasteiger partial charge in [-0.3, -0.25) is 9.48 Å². The van der Waals surface area contributed by atoms with Crippen molar-refractivity contribution in [3.05, 3.63) is 41.4 Å². The lowest BCUT2D eigenvalue weighted by Crippen LogP contribution is -2.36. The molecule has 2 fully saturated rings. The third-order valence-corrected chi connectivity index (χ3v) is 5.66. The van der Waals surface area contributed by atoms with E-state index >= 15 is 0 Å². The number of aryl methyl sites for hydroxylation is 1. The molecule has 6 nitrogen and oxygen atoms in total. The minimum absolute atomic E-state index is 0.000725. The fourth-order valence-corrected chi connectivity index (χ4v) is 4.48. The van der Waals surface area contributed by atoms with Crippen molar-refractivity contribution < 1.29 is 9.90 Å². The molecule has 2 aromatic heterocycles. The highest BCUT2D eigenvalue weighted by Crippen LogP contribution is 2.41. The molecule has 1 amide bonds. The highest BCUT2D eigenvalue weighted by Gasteiger charge is 2.44. The Hall–Kier alpha value is -1.79. The van der Waals surface area contributed by atoms with Gasteiger partial charge in [0.05, 0.1) is 17.2 Å². The fourth-order valence-electron chi connectivity index (χ4n) is 4.23. The largest absolute Gasteiger partial charge is 0.391 e. The van der Waals surface area contributed by atoms with Crippen LogP contribution >= 0.6 is 11.6 Å². The molecular weight excluding hydrogens is 328 g/mol. The van der Waals surface area contributed by atoms with Crippen molar-refractivity contribution in [2.45, 2.75) is 25.0 Å². The SMILES string of the molecule is Cn1cc(Cl)cc1C(=O)N1C[C@H]2C[C@@H](n3cccn3)[C@H](O)C[C@H]2C1. The summed E-state index contributed by atoms with van der Waals surface area (Å²) in [5.41, 5.74) is 0.614. The quantitative estimate of drug-likeness (QED) is 0.902. The van der Waals surface area contributed by atoms with Gasteiger partial charge in [0, 0.05) is 38.7 Å². The van der Waals surface area contributed by atoms with E-state index in [0.29, 0.717) is 35.5 Å². The molecule has 0 spiro atoms. The number of halogens is 1. The first-order valence-corrected chi connectivity index (χ1v) is 8.69. The Bertz CT molecular complexity index is 742. The predicted octanol–water partition coefficient (Wildman–Crippen LogP) is 1.96. The maximum atomic E-state index is 12.8. The van der Waals surface area contributed by atoms with Gasteiger partial charge in [-0.1, -0.05) is 11.6 Å². The molecule has 0 bridgehead atoms.